The molecule has 2 aromatic carbocycles. The van der Waals surface area contributed by atoms with Gasteiger partial charge >= 0.3 is 0 Å². The van der Waals surface area contributed by atoms with Gasteiger partial charge in [-0.2, -0.15) is 0 Å². The molecule has 0 spiro atoms. The normalized spacial score (nSPS) is 14.2. The minimum atomic E-state index is -0.102. The molecule has 1 aliphatic rings. The molecule has 3 aromatic rings. The van der Waals surface area contributed by atoms with Crippen LogP contribution in [0.15, 0.2) is 67.0 Å². The number of amides is 1. The molecule has 0 unspecified atom stereocenters. The highest BCUT2D eigenvalue weighted by Crippen LogP contribution is 2.37. The van der Waals surface area contributed by atoms with Gasteiger partial charge in [-0.1, -0.05) is 36.4 Å². The van der Waals surface area contributed by atoms with E-state index in [0.717, 1.165) is 33.7 Å². The van der Waals surface area contributed by atoms with Crippen LogP contribution in [0.25, 0.3) is 22.8 Å². The number of ether oxygens (including phenoxy) is 1. The first-order valence-corrected chi connectivity index (χ1v) is 8.56. The van der Waals surface area contributed by atoms with Crippen molar-refractivity contribution in [2.24, 2.45) is 0 Å². The van der Waals surface area contributed by atoms with Crippen molar-refractivity contribution in [1.29, 1.82) is 0 Å². The predicted octanol–water partition coefficient (Wildman–Crippen LogP) is 4.64. The van der Waals surface area contributed by atoms with Gasteiger partial charge in [-0.3, -0.25) is 9.78 Å². The fourth-order valence-electron chi connectivity index (χ4n) is 3.09. The third-order valence-corrected chi connectivity index (χ3v) is 4.32. The summed E-state index contributed by atoms with van der Waals surface area (Å²) >= 11 is 0. The van der Waals surface area contributed by atoms with Crippen molar-refractivity contribution >= 4 is 23.2 Å². The van der Waals surface area contributed by atoms with E-state index in [1.807, 2.05) is 73.8 Å². The Morgan fingerprint density at radius 1 is 1.08 bits per heavy atom. The maximum absolute atomic E-state index is 12.5. The Balaban J connectivity index is 1.75. The lowest BCUT2D eigenvalue weighted by molar-refractivity contribution is -0.110. The van der Waals surface area contributed by atoms with Gasteiger partial charge in [-0.05, 0) is 36.8 Å². The third kappa shape index (κ3) is 2.97. The molecule has 0 bridgehead atoms. The molecule has 0 atom stereocenters. The standard InChI is InChI=1S/C22H18N2O2/c1-2-26-21-8-4-3-6-16(21)12-19-18-10-9-15(13-20(18)24-22(19)25)17-7-5-11-23-14-17/h3-14H,2H2,1H3,(H,24,25). The Morgan fingerprint density at radius 2 is 1.96 bits per heavy atom. The number of nitrogens with one attached hydrogen (secondary N) is 1. The Bertz CT molecular complexity index is 994. The number of aromatic nitrogens is 1. The molecule has 1 aliphatic heterocycles. The molecule has 1 aromatic heterocycles. The van der Waals surface area contributed by atoms with Crippen LogP contribution in [0.1, 0.15) is 18.1 Å². The van der Waals surface area contributed by atoms with E-state index in [4.69, 9.17) is 4.74 Å². The lowest BCUT2D eigenvalue weighted by Crippen LogP contribution is -2.03. The van der Waals surface area contributed by atoms with Crippen molar-refractivity contribution in [2.45, 2.75) is 6.92 Å². The number of benzene rings is 2. The number of carbonyl (C=O) groups excluding carboxylic acids is 1. The summed E-state index contributed by atoms with van der Waals surface area (Å²) in [7, 11) is 0. The minimum Gasteiger partial charge on any atom is -0.493 e. The molecule has 0 saturated carbocycles. The van der Waals surface area contributed by atoms with E-state index < -0.39 is 0 Å². The zero-order chi connectivity index (χ0) is 17.9. The van der Waals surface area contributed by atoms with Crippen LogP contribution in [0.3, 0.4) is 0 Å². The smallest absolute Gasteiger partial charge is 0.256 e. The molecule has 0 aliphatic carbocycles. The van der Waals surface area contributed by atoms with Gasteiger partial charge in [-0.15, -0.1) is 0 Å². The summed E-state index contributed by atoms with van der Waals surface area (Å²) in [6, 6.07) is 17.6. The van der Waals surface area contributed by atoms with Crippen molar-refractivity contribution in [3.05, 3.63) is 78.1 Å². The second-order valence-corrected chi connectivity index (χ2v) is 5.99. The van der Waals surface area contributed by atoms with E-state index in [0.29, 0.717) is 12.2 Å². The number of nitrogens with zero attached hydrogens (tertiary/aromatic N) is 1. The van der Waals surface area contributed by atoms with Crippen LogP contribution in [0.2, 0.25) is 0 Å². The second-order valence-electron chi connectivity index (χ2n) is 5.99. The molecule has 0 saturated heterocycles. The van der Waals surface area contributed by atoms with Gasteiger partial charge in [0.2, 0.25) is 0 Å². The number of rotatable bonds is 4. The number of fused-ring (bicyclic) bond motifs is 1. The summed E-state index contributed by atoms with van der Waals surface area (Å²) in [5.41, 5.74) is 5.29. The lowest BCUT2D eigenvalue weighted by atomic mass is 10.00. The predicted molar refractivity (Wildman–Crippen MR) is 104 cm³/mol. The maximum Gasteiger partial charge on any atom is 0.256 e. The Hall–Kier alpha value is -3.40. The van der Waals surface area contributed by atoms with E-state index in [1.165, 1.54) is 0 Å². The molecule has 4 heteroatoms. The highest BCUT2D eigenvalue weighted by Gasteiger charge is 2.24. The van der Waals surface area contributed by atoms with Crippen LogP contribution < -0.4 is 10.1 Å². The average molecular weight is 342 g/mol. The van der Waals surface area contributed by atoms with Gasteiger partial charge in [0.15, 0.2) is 0 Å². The number of hydrogen-bond acceptors (Lipinski definition) is 3. The fraction of sp³-hybridized carbons (Fsp3) is 0.0909. The van der Waals surface area contributed by atoms with Crippen LogP contribution in [0.5, 0.6) is 5.75 Å². The van der Waals surface area contributed by atoms with Gasteiger partial charge in [0.25, 0.3) is 5.91 Å². The molecule has 128 valence electrons. The Labute approximate surface area is 152 Å². The molecule has 2 heterocycles. The largest absolute Gasteiger partial charge is 0.493 e. The lowest BCUT2D eigenvalue weighted by Gasteiger charge is -2.07. The van der Waals surface area contributed by atoms with Gasteiger partial charge in [-0.25, -0.2) is 0 Å². The van der Waals surface area contributed by atoms with Crippen LogP contribution in [-0.4, -0.2) is 17.5 Å². The molecule has 26 heavy (non-hydrogen) atoms. The van der Waals surface area contributed by atoms with Gasteiger partial charge in [0.1, 0.15) is 5.75 Å². The first kappa shape index (κ1) is 16.1. The topological polar surface area (TPSA) is 51.2 Å². The number of pyridine rings is 1. The average Bonchev–Trinajstić information content (AvgIpc) is 2.99. The molecule has 4 nitrogen and oxygen atoms in total. The summed E-state index contributed by atoms with van der Waals surface area (Å²) in [5.74, 6) is 0.672. The van der Waals surface area contributed by atoms with E-state index in [-0.39, 0.29) is 5.91 Å². The quantitative estimate of drug-likeness (QED) is 0.703. The fourth-order valence-corrected chi connectivity index (χ4v) is 3.09. The summed E-state index contributed by atoms with van der Waals surface area (Å²) < 4.78 is 5.66. The molecule has 0 radical (unpaired) electrons. The maximum atomic E-state index is 12.5. The van der Waals surface area contributed by atoms with Crippen molar-refractivity contribution in [1.82, 2.24) is 4.98 Å². The number of carbonyl (C=O) groups is 1. The van der Waals surface area contributed by atoms with E-state index in [2.05, 4.69) is 10.3 Å². The Kier molecular flexibility index (Phi) is 4.23. The number of anilines is 1. The van der Waals surface area contributed by atoms with Crippen molar-refractivity contribution in [3.63, 3.8) is 0 Å². The number of para-hydroxylation sites is 1. The van der Waals surface area contributed by atoms with Crippen molar-refractivity contribution in [3.8, 4) is 16.9 Å². The first-order valence-electron chi connectivity index (χ1n) is 8.56. The van der Waals surface area contributed by atoms with Crippen LogP contribution in [-0.2, 0) is 4.79 Å². The van der Waals surface area contributed by atoms with Gasteiger partial charge in [0.05, 0.1) is 6.61 Å². The molecule has 1 N–H and O–H groups in total. The zero-order valence-corrected chi connectivity index (χ0v) is 14.4. The van der Waals surface area contributed by atoms with Crippen LogP contribution in [0.4, 0.5) is 5.69 Å². The summed E-state index contributed by atoms with van der Waals surface area (Å²) in [6.45, 7) is 2.53. The van der Waals surface area contributed by atoms with E-state index in [1.54, 1.807) is 6.20 Å². The summed E-state index contributed by atoms with van der Waals surface area (Å²) in [4.78, 5) is 16.7. The second kappa shape index (κ2) is 6.84. The van der Waals surface area contributed by atoms with E-state index in [9.17, 15) is 4.79 Å². The highest BCUT2D eigenvalue weighted by molar-refractivity contribution is 6.35. The Morgan fingerprint density at radius 3 is 2.77 bits per heavy atom. The molecular formula is C22H18N2O2. The van der Waals surface area contributed by atoms with Crippen molar-refractivity contribution < 1.29 is 9.53 Å². The van der Waals surface area contributed by atoms with Crippen LogP contribution in [0, 0.1) is 0 Å². The van der Waals surface area contributed by atoms with Crippen LogP contribution >= 0.6 is 0 Å². The summed E-state index contributed by atoms with van der Waals surface area (Å²) in [6.07, 6.45) is 5.44. The summed E-state index contributed by atoms with van der Waals surface area (Å²) in [5, 5.41) is 2.96. The SMILES string of the molecule is CCOc1ccccc1C=C1C(=O)Nc2cc(-c3cccnc3)ccc21. The first-order chi connectivity index (χ1) is 12.8. The molecule has 0 fully saturated rings. The van der Waals surface area contributed by atoms with Gasteiger partial charge < -0.3 is 10.1 Å². The molecular weight excluding hydrogens is 324 g/mol. The third-order valence-electron chi connectivity index (χ3n) is 4.32. The van der Waals surface area contributed by atoms with E-state index >= 15 is 0 Å². The molecule has 1 amide bonds. The van der Waals surface area contributed by atoms with Crippen molar-refractivity contribution in [2.75, 3.05) is 11.9 Å². The zero-order valence-electron chi connectivity index (χ0n) is 14.4. The molecule has 4 rings (SSSR count). The highest BCUT2D eigenvalue weighted by atomic mass is 16.5. The monoisotopic (exact) mass is 342 g/mol. The van der Waals surface area contributed by atoms with Gasteiger partial charge in [0, 0.05) is 40.3 Å². The minimum absolute atomic E-state index is 0.102. The number of hydrogen-bond donors (Lipinski definition) is 1.